The first-order chi connectivity index (χ1) is 10.2. The largest absolute Gasteiger partial charge is 0.498 e. The molecule has 0 fully saturated rings. The zero-order chi connectivity index (χ0) is 17.1. The van der Waals surface area contributed by atoms with Crippen LogP contribution in [0.15, 0.2) is 0 Å². The van der Waals surface area contributed by atoms with Crippen molar-refractivity contribution in [1.82, 2.24) is 0 Å². The maximum Gasteiger partial charge on any atom is 0.498 e. The molecule has 22 heavy (non-hydrogen) atoms. The van der Waals surface area contributed by atoms with Crippen molar-refractivity contribution in [2.45, 2.75) is 32.7 Å². The highest BCUT2D eigenvalue weighted by Gasteiger charge is 2.40. The van der Waals surface area contributed by atoms with Crippen LogP contribution in [0.1, 0.15) is 32.3 Å². The van der Waals surface area contributed by atoms with Crippen LogP contribution in [0.3, 0.4) is 0 Å². The Kier molecular flexibility index (Phi) is 6.47. The van der Waals surface area contributed by atoms with Gasteiger partial charge in [0.15, 0.2) is 23.3 Å². The van der Waals surface area contributed by atoms with Crippen LogP contribution in [-0.2, 0) is 8.85 Å². The normalized spacial score (nSPS) is 13.5. The Morgan fingerprint density at radius 2 is 1.23 bits per heavy atom. The Labute approximate surface area is 126 Å². The second-order valence-electron chi connectivity index (χ2n) is 4.67. The van der Waals surface area contributed by atoms with Gasteiger partial charge in [0.1, 0.15) is 0 Å². The number of benzene rings is 1. The summed E-state index contributed by atoms with van der Waals surface area (Å²) in [5, 5.41) is 0. The van der Waals surface area contributed by atoms with E-state index in [2.05, 4.69) is 0 Å². The fraction of sp³-hybridized carbons (Fsp3) is 0.538. The molecule has 3 nitrogen and oxygen atoms in total. The molecular weight excluding hydrogens is 327 g/mol. The maximum atomic E-state index is 13.7. The minimum Gasteiger partial charge on any atom is -0.390 e. The smallest absolute Gasteiger partial charge is 0.390 e. The lowest BCUT2D eigenvalue weighted by atomic mass is 10.0. The van der Waals surface area contributed by atoms with E-state index in [9.17, 15) is 26.7 Å². The van der Waals surface area contributed by atoms with Gasteiger partial charge in [-0.1, -0.05) is 6.92 Å². The van der Waals surface area contributed by atoms with Crippen molar-refractivity contribution < 1.29 is 35.6 Å². The lowest BCUT2D eigenvalue weighted by Gasteiger charge is -2.26. The quantitative estimate of drug-likeness (QED) is 0.356. The number of hydrogen-bond donors (Lipinski definition) is 1. The van der Waals surface area contributed by atoms with Crippen LogP contribution >= 0.6 is 0 Å². The molecule has 0 spiro atoms. The first kappa shape index (κ1) is 19.0. The summed E-state index contributed by atoms with van der Waals surface area (Å²) in [5.41, 5.74) is -0.985. The van der Waals surface area contributed by atoms with E-state index >= 15 is 0 Å². The third kappa shape index (κ3) is 3.83. The van der Waals surface area contributed by atoms with Crippen molar-refractivity contribution in [3.05, 3.63) is 34.6 Å². The SMILES string of the molecule is CCO[Si](O)(CC(C)c1c(F)c(F)c(F)c(F)c1F)OCC. The molecule has 0 saturated carbocycles. The Bertz CT molecular complexity index is 506. The Hall–Kier alpha value is -1.03. The summed E-state index contributed by atoms with van der Waals surface area (Å²) in [4.78, 5) is 10.2. The average Bonchev–Trinajstić information content (AvgIpc) is 2.43. The van der Waals surface area contributed by atoms with Gasteiger partial charge in [0.2, 0.25) is 5.82 Å². The molecular formula is C13H17F5O3Si. The van der Waals surface area contributed by atoms with E-state index in [1.807, 2.05) is 0 Å². The van der Waals surface area contributed by atoms with Gasteiger partial charge in [0.25, 0.3) is 0 Å². The topological polar surface area (TPSA) is 38.7 Å². The highest BCUT2D eigenvalue weighted by Crippen LogP contribution is 2.33. The highest BCUT2D eigenvalue weighted by molar-refractivity contribution is 6.59. The summed E-state index contributed by atoms with van der Waals surface area (Å²) in [6, 6.07) is -0.368. The molecule has 0 aliphatic carbocycles. The van der Waals surface area contributed by atoms with Crippen LogP contribution in [0.5, 0.6) is 0 Å². The van der Waals surface area contributed by atoms with Crippen molar-refractivity contribution in [2.24, 2.45) is 0 Å². The van der Waals surface area contributed by atoms with Crippen molar-refractivity contribution >= 4 is 8.80 Å². The van der Waals surface area contributed by atoms with E-state index in [-0.39, 0.29) is 19.3 Å². The molecule has 126 valence electrons. The number of hydrogen-bond acceptors (Lipinski definition) is 3. The average molecular weight is 344 g/mol. The van der Waals surface area contributed by atoms with Gasteiger partial charge in [0.05, 0.1) is 0 Å². The Morgan fingerprint density at radius 3 is 1.59 bits per heavy atom. The van der Waals surface area contributed by atoms with Crippen LogP contribution in [0.4, 0.5) is 22.0 Å². The minimum atomic E-state index is -3.76. The van der Waals surface area contributed by atoms with Gasteiger partial charge < -0.3 is 13.6 Å². The predicted octanol–water partition coefficient (Wildman–Crippen LogP) is 3.49. The van der Waals surface area contributed by atoms with Gasteiger partial charge >= 0.3 is 8.80 Å². The predicted molar refractivity (Wildman–Crippen MR) is 70.7 cm³/mol. The maximum absolute atomic E-state index is 13.7. The van der Waals surface area contributed by atoms with Crippen LogP contribution in [0, 0.1) is 29.1 Å². The van der Waals surface area contributed by atoms with E-state index in [1.165, 1.54) is 6.92 Å². The Morgan fingerprint density at radius 1 is 0.864 bits per heavy atom. The Balaban J connectivity index is 3.20. The molecule has 0 bridgehead atoms. The van der Waals surface area contributed by atoms with Crippen LogP contribution in [0.2, 0.25) is 6.04 Å². The zero-order valence-electron chi connectivity index (χ0n) is 12.4. The van der Waals surface area contributed by atoms with Gasteiger partial charge in [-0.25, -0.2) is 22.0 Å². The highest BCUT2D eigenvalue weighted by atomic mass is 28.4. The molecule has 1 N–H and O–H groups in total. The van der Waals surface area contributed by atoms with Gasteiger partial charge in [-0.05, 0) is 19.8 Å². The number of halogens is 5. The fourth-order valence-electron chi connectivity index (χ4n) is 2.15. The molecule has 0 saturated heterocycles. The van der Waals surface area contributed by atoms with Crippen molar-refractivity contribution in [2.75, 3.05) is 13.2 Å². The summed E-state index contributed by atoms with van der Waals surface area (Å²) >= 11 is 0. The van der Waals surface area contributed by atoms with E-state index in [0.717, 1.165) is 0 Å². The van der Waals surface area contributed by atoms with Crippen LogP contribution < -0.4 is 0 Å². The third-order valence-electron chi connectivity index (χ3n) is 3.04. The van der Waals surface area contributed by atoms with Crippen LogP contribution in [0.25, 0.3) is 0 Å². The monoisotopic (exact) mass is 344 g/mol. The molecule has 0 aliphatic rings. The van der Waals surface area contributed by atoms with Gasteiger partial charge in [0, 0.05) is 24.8 Å². The summed E-state index contributed by atoms with van der Waals surface area (Å²) in [6.07, 6.45) is 0. The number of rotatable bonds is 7. The van der Waals surface area contributed by atoms with Gasteiger partial charge in [-0.2, -0.15) is 0 Å². The van der Waals surface area contributed by atoms with Crippen LogP contribution in [-0.4, -0.2) is 26.8 Å². The minimum absolute atomic E-state index is 0.0898. The zero-order valence-corrected chi connectivity index (χ0v) is 13.4. The molecule has 0 heterocycles. The van der Waals surface area contributed by atoms with Crippen molar-refractivity contribution in [1.29, 1.82) is 0 Å². The third-order valence-corrected chi connectivity index (χ3v) is 5.65. The molecule has 0 aromatic heterocycles. The first-order valence-electron chi connectivity index (χ1n) is 6.70. The summed E-state index contributed by atoms with van der Waals surface area (Å²) in [6.45, 7) is 4.58. The molecule has 1 aromatic rings. The molecule has 1 atom stereocenters. The van der Waals surface area contributed by atoms with Crippen molar-refractivity contribution in [3.63, 3.8) is 0 Å². The summed E-state index contributed by atoms with van der Waals surface area (Å²) in [7, 11) is -3.76. The molecule has 1 unspecified atom stereocenters. The molecule has 0 amide bonds. The van der Waals surface area contributed by atoms with Crippen molar-refractivity contribution in [3.8, 4) is 0 Å². The van der Waals surface area contributed by atoms with E-state index < -0.39 is 49.4 Å². The molecule has 0 radical (unpaired) electrons. The van der Waals surface area contributed by atoms with E-state index in [4.69, 9.17) is 8.85 Å². The first-order valence-corrected chi connectivity index (χ1v) is 8.67. The summed E-state index contributed by atoms with van der Waals surface area (Å²) < 4.78 is 77.1. The lowest BCUT2D eigenvalue weighted by molar-refractivity contribution is 0.106. The fourth-order valence-corrected chi connectivity index (χ4v) is 4.35. The molecule has 1 rings (SSSR count). The summed E-state index contributed by atoms with van der Waals surface area (Å²) in [5.74, 6) is -11.2. The lowest BCUT2D eigenvalue weighted by Crippen LogP contribution is -2.43. The van der Waals surface area contributed by atoms with Gasteiger partial charge in [-0.15, -0.1) is 0 Å². The second-order valence-corrected chi connectivity index (χ2v) is 7.08. The standard InChI is InChI=1S/C13H17F5O3Si/c1-4-20-22(19,21-5-2)6-7(3)8-9(14)11(16)13(18)12(17)10(8)15/h7,19H,4-6H2,1-3H3. The van der Waals surface area contributed by atoms with E-state index in [1.54, 1.807) is 13.8 Å². The van der Waals surface area contributed by atoms with E-state index in [0.29, 0.717) is 0 Å². The van der Waals surface area contributed by atoms with Gasteiger partial charge in [-0.3, -0.25) is 0 Å². The molecule has 9 heteroatoms. The molecule has 1 aromatic carbocycles. The molecule has 0 aliphatic heterocycles. The second kappa shape index (κ2) is 7.49.